The quantitative estimate of drug-likeness (QED) is 0.258. The molecular formula is C25H36O2. The smallest absolute Gasteiger partial charge is 0.328 e. The van der Waals surface area contributed by atoms with Gasteiger partial charge in [-0.3, -0.25) is 0 Å². The normalized spacial score (nSPS) is 20.5. The van der Waals surface area contributed by atoms with E-state index in [9.17, 15) is 4.79 Å². The Morgan fingerprint density at radius 3 is 2.37 bits per heavy atom. The van der Waals surface area contributed by atoms with Crippen molar-refractivity contribution < 1.29 is 9.90 Å². The standard InChI is InChI=1S/C25H36O2/c1-2-3-4-5-7-10-21-13-17-23(18-14-21)24-19-15-22(16-20-24)11-8-6-9-12-25(26)27/h6,8-9,12,15-16,19-21,23H,2-5,7,10-11,13-14,17-18H2,1H3,(H,26,27)/b8-6+,12-9+/t21-,23-. The fraction of sp³-hybridized carbons (Fsp3) is 0.560. The van der Waals surface area contributed by atoms with Crippen molar-refractivity contribution in [3.05, 3.63) is 59.7 Å². The average Bonchev–Trinajstić information content (AvgIpc) is 2.68. The van der Waals surface area contributed by atoms with Crippen molar-refractivity contribution in [1.29, 1.82) is 0 Å². The van der Waals surface area contributed by atoms with Crippen LogP contribution in [0, 0.1) is 5.92 Å². The first-order valence-corrected chi connectivity index (χ1v) is 10.8. The molecule has 2 heteroatoms. The van der Waals surface area contributed by atoms with E-state index >= 15 is 0 Å². The molecule has 0 amide bonds. The van der Waals surface area contributed by atoms with E-state index in [-0.39, 0.29) is 0 Å². The Balaban J connectivity index is 1.69. The van der Waals surface area contributed by atoms with Gasteiger partial charge in [0.1, 0.15) is 0 Å². The van der Waals surface area contributed by atoms with Crippen LogP contribution < -0.4 is 0 Å². The van der Waals surface area contributed by atoms with Gasteiger partial charge < -0.3 is 5.11 Å². The highest BCUT2D eigenvalue weighted by Gasteiger charge is 2.21. The van der Waals surface area contributed by atoms with Gasteiger partial charge in [0.05, 0.1) is 0 Å². The minimum Gasteiger partial charge on any atom is -0.478 e. The average molecular weight is 369 g/mol. The predicted octanol–water partition coefficient (Wildman–Crippen LogP) is 7.06. The maximum Gasteiger partial charge on any atom is 0.328 e. The molecule has 1 aliphatic rings. The first-order chi connectivity index (χ1) is 13.2. The molecule has 27 heavy (non-hydrogen) atoms. The Hall–Kier alpha value is -1.83. The number of hydrogen-bond donors (Lipinski definition) is 1. The summed E-state index contributed by atoms with van der Waals surface area (Å²) in [5.74, 6) is 0.797. The van der Waals surface area contributed by atoms with Gasteiger partial charge in [0.15, 0.2) is 0 Å². The summed E-state index contributed by atoms with van der Waals surface area (Å²) in [5, 5.41) is 8.55. The Labute approximate surface area is 165 Å². The largest absolute Gasteiger partial charge is 0.478 e. The third-order valence-corrected chi connectivity index (χ3v) is 5.85. The minimum absolute atomic E-state index is 0.740. The summed E-state index contributed by atoms with van der Waals surface area (Å²) < 4.78 is 0. The zero-order valence-corrected chi connectivity index (χ0v) is 16.9. The van der Waals surface area contributed by atoms with Gasteiger partial charge in [-0.15, -0.1) is 0 Å². The van der Waals surface area contributed by atoms with Crippen molar-refractivity contribution in [2.45, 2.75) is 83.5 Å². The van der Waals surface area contributed by atoms with Crippen LogP contribution in [0.5, 0.6) is 0 Å². The van der Waals surface area contributed by atoms with E-state index in [1.807, 2.05) is 6.08 Å². The lowest BCUT2D eigenvalue weighted by molar-refractivity contribution is -0.131. The first kappa shape index (κ1) is 21.5. The van der Waals surface area contributed by atoms with Gasteiger partial charge in [0, 0.05) is 6.08 Å². The second-order valence-electron chi connectivity index (χ2n) is 7.99. The lowest BCUT2D eigenvalue weighted by Gasteiger charge is -2.29. The fourth-order valence-electron chi connectivity index (χ4n) is 4.17. The zero-order chi connectivity index (χ0) is 19.3. The number of unbranched alkanes of at least 4 members (excludes halogenated alkanes) is 4. The van der Waals surface area contributed by atoms with Crippen molar-refractivity contribution >= 4 is 5.97 Å². The molecule has 0 aliphatic heterocycles. The van der Waals surface area contributed by atoms with Crippen molar-refractivity contribution in [2.24, 2.45) is 5.92 Å². The van der Waals surface area contributed by atoms with Gasteiger partial charge >= 0.3 is 5.97 Å². The van der Waals surface area contributed by atoms with E-state index in [0.717, 1.165) is 24.3 Å². The van der Waals surface area contributed by atoms with Crippen LogP contribution >= 0.6 is 0 Å². The summed E-state index contributed by atoms with van der Waals surface area (Å²) in [4.78, 5) is 10.4. The second kappa shape index (κ2) is 12.5. The van der Waals surface area contributed by atoms with Gasteiger partial charge in [0.2, 0.25) is 0 Å². The van der Waals surface area contributed by atoms with Gasteiger partial charge in [-0.25, -0.2) is 4.79 Å². The molecule has 1 saturated carbocycles. The zero-order valence-electron chi connectivity index (χ0n) is 16.9. The number of hydrogen-bond acceptors (Lipinski definition) is 1. The summed E-state index contributed by atoms with van der Waals surface area (Å²) in [7, 11) is 0. The maximum atomic E-state index is 10.4. The Bertz CT molecular complexity index is 589. The number of benzene rings is 1. The lowest BCUT2D eigenvalue weighted by atomic mass is 9.77. The number of rotatable bonds is 11. The third kappa shape index (κ3) is 8.60. The van der Waals surface area contributed by atoms with Crippen molar-refractivity contribution in [3.8, 4) is 0 Å². The number of carboxylic acid groups (broad SMARTS) is 1. The van der Waals surface area contributed by atoms with E-state index in [4.69, 9.17) is 5.11 Å². The van der Waals surface area contributed by atoms with Crippen LogP contribution in [0.2, 0.25) is 0 Å². The Morgan fingerprint density at radius 2 is 1.70 bits per heavy atom. The highest BCUT2D eigenvalue weighted by Crippen LogP contribution is 2.37. The molecule has 0 heterocycles. The third-order valence-electron chi connectivity index (χ3n) is 5.85. The molecule has 0 saturated heterocycles. The molecule has 0 spiro atoms. The topological polar surface area (TPSA) is 37.3 Å². The molecule has 2 rings (SSSR count). The molecule has 1 aromatic rings. The molecule has 148 valence electrons. The van der Waals surface area contributed by atoms with E-state index in [0.29, 0.717) is 0 Å². The van der Waals surface area contributed by atoms with Crippen LogP contribution in [0.3, 0.4) is 0 Å². The minimum atomic E-state index is -0.907. The molecule has 0 atom stereocenters. The Morgan fingerprint density at radius 1 is 1.00 bits per heavy atom. The molecule has 0 aromatic heterocycles. The number of aliphatic carboxylic acids is 1. The maximum absolute atomic E-state index is 10.4. The number of carbonyl (C=O) groups is 1. The monoisotopic (exact) mass is 368 g/mol. The first-order valence-electron chi connectivity index (χ1n) is 10.8. The van der Waals surface area contributed by atoms with Crippen LogP contribution in [0.4, 0.5) is 0 Å². The summed E-state index contributed by atoms with van der Waals surface area (Å²) >= 11 is 0. The van der Waals surface area contributed by atoms with E-state index in [1.165, 1.54) is 75.3 Å². The van der Waals surface area contributed by atoms with E-state index < -0.39 is 5.97 Å². The molecule has 1 aromatic carbocycles. The summed E-state index contributed by atoms with van der Waals surface area (Å²) in [6.07, 6.45) is 21.3. The molecule has 1 aliphatic carbocycles. The van der Waals surface area contributed by atoms with E-state index in [2.05, 4.69) is 31.2 Å². The molecule has 0 bridgehead atoms. The molecule has 0 radical (unpaired) electrons. The molecule has 0 unspecified atom stereocenters. The van der Waals surface area contributed by atoms with Crippen LogP contribution in [-0.4, -0.2) is 11.1 Å². The predicted molar refractivity (Wildman–Crippen MR) is 114 cm³/mol. The molecular weight excluding hydrogens is 332 g/mol. The van der Waals surface area contributed by atoms with Crippen molar-refractivity contribution in [2.75, 3.05) is 0 Å². The summed E-state index contributed by atoms with van der Waals surface area (Å²) in [6, 6.07) is 9.04. The van der Waals surface area contributed by atoms with Crippen LogP contribution in [-0.2, 0) is 11.2 Å². The van der Waals surface area contributed by atoms with Crippen molar-refractivity contribution in [3.63, 3.8) is 0 Å². The number of allylic oxidation sites excluding steroid dienone is 3. The van der Waals surface area contributed by atoms with Crippen LogP contribution in [0.15, 0.2) is 48.6 Å². The van der Waals surface area contributed by atoms with Gasteiger partial charge in [0.25, 0.3) is 0 Å². The molecule has 1 N–H and O–H groups in total. The summed E-state index contributed by atoms with van der Waals surface area (Å²) in [6.45, 7) is 2.28. The summed E-state index contributed by atoms with van der Waals surface area (Å²) in [5.41, 5.74) is 2.77. The number of carboxylic acids is 1. The van der Waals surface area contributed by atoms with Crippen molar-refractivity contribution in [1.82, 2.24) is 0 Å². The molecule has 1 fully saturated rings. The van der Waals surface area contributed by atoms with Gasteiger partial charge in [-0.05, 0) is 55.1 Å². The van der Waals surface area contributed by atoms with Crippen LogP contribution in [0.25, 0.3) is 0 Å². The van der Waals surface area contributed by atoms with Gasteiger partial charge in [-0.2, -0.15) is 0 Å². The highest BCUT2D eigenvalue weighted by molar-refractivity contribution is 5.80. The van der Waals surface area contributed by atoms with E-state index in [1.54, 1.807) is 12.2 Å². The molecule has 2 nitrogen and oxygen atoms in total. The Kier molecular flexibility index (Phi) is 9.97. The SMILES string of the molecule is CCCCCCC[C@H]1CC[C@H](c2ccc(C/C=C/C=C/C(=O)O)cc2)CC1. The van der Waals surface area contributed by atoms with Gasteiger partial charge in [-0.1, -0.05) is 87.9 Å². The lowest BCUT2D eigenvalue weighted by Crippen LogP contribution is -2.13. The van der Waals surface area contributed by atoms with Crippen LogP contribution in [0.1, 0.15) is 88.2 Å². The fourth-order valence-corrected chi connectivity index (χ4v) is 4.17. The highest BCUT2D eigenvalue weighted by atomic mass is 16.4. The second-order valence-corrected chi connectivity index (χ2v) is 7.99.